The third-order valence-corrected chi connectivity index (χ3v) is 7.42. The maximum Gasteiger partial charge on any atom is 0.255 e. The Morgan fingerprint density at radius 1 is 0.935 bits per heavy atom. The average molecular weight is 434 g/mol. The van der Waals surface area contributed by atoms with Crippen LogP contribution in [0.1, 0.15) is 24.2 Å². The summed E-state index contributed by atoms with van der Waals surface area (Å²) in [6.07, 6.45) is 0. The van der Waals surface area contributed by atoms with Gasteiger partial charge in [-0.05, 0) is 74.5 Å². The van der Waals surface area contributed by atoms with Gasteiger partial charge in [0.05, 0.1) is 21.2 Å². The Bertz CT molecular complexity index is 1350. The smallest absolute Gasteiger partial charge is 0.255 e. The van der Waals surface area contributed by atoms with Gasteiger partial charge in [-0.25, -0.2) is 13.4 Å². The molecule has 0 saturated heterocycles. The van der Waals surface area contributed by atoms with Crippen LogP contribution in [0, 0.1) is 0 Å². The van der Waals surface area contributed by atoms with Gasteiger partial charge < -0.3 is 9.88 Å². The van der Waals surface area contributed by atoms with Gasteiger partial charge in [0, 0.05) is 23.9 Å². The van der Waals surface area contributed by atoms with Crippen LogP contribution >= 0.6 is 0 Å². The zero-order valence-electron chi connectivity index (χ0n) is 17.5. The average Bonchev–Trinajstić information content (AvgIpc) is 3.11. The zero-order valence-corrected chi connectivity index (χ0v) is 18.3. The Morgan fingerprint density at radius 3 is 2.19 bits per heavy atom. The summed E-state index contributed by atoms with van der Waals surface area (Å²) in [5.74, 6) is 0.546. The fraction of sp³-hybridized carbons (Fsp3) is 0.167. The Balaban J connectivity index is 1.51. The number of aryl methyl sites for hydroxylation is 1. The van der Waals surface area contributed by atoms with Crippen molar-refractivity contribution < 1.29 is 13.2 Å². The van der Waals surface area contributed by atoms with Crippen molar-refractivity contribution in [1.29, 1.82) is 0 Å². The van der Waals surface area contributed by atoms with Crippen molar-refractivity contribution in [1.82, 2.24) is 9.55 Å². The van der Waals surface area contributed by atoms with Gasteiger partial charge in [-0.1, -0.05) is 12.1 Å². The number of nitrogens with zero attached hydrogens (tertiary/aromatic N) is 2. The van der Waals surface area contributed by atoms with E-state index in [2.05, 4.69) is 10.3 Å². The number of para-hydroxylation sites is 2. The number of rotatable bonds is 5. The Labute approximate surface area is 181 Å². The van der Waals surface area contributed by atoms with E-state index in [-0.39, 0.29) is 10.8 Å². The molecule has 0 radical (unpaired) electrons. The maximum absolute atomic E-state index is 12.6. The first-order valence-corrected chi connectivity index (χ1v) is 11.5. The van der Waals surface area contributed by atoms with Gasteiger partial charge in [-0.3, -0.25) is 4.79 Å². The molecule has 0 aliphatic heterocycles. The fourth-order valence-electron chi connectivity index (χ4n) is 3.38. The Kier molecular flexibility index (Phi) is 5.37. The monoisotopic (exact) mass is 433 g/mol. The summed E-state index contributed by atoms with van der Waals surface area (Å²) < 4.78 is 26.5. The van der Waals surface area contributed by atoms with Crippen molar-refractivity contribution in [2.24, 2.45) is 7.05 Å². The Morgan fingerprint density at radius 2 is 1.58 bits per heavy atom. The minimum atomic E-state index is -3.36. The van der Waals surface area contributed by atoms with Crippen molar-refractivity contribution in [2.45, 2.75) is 24.0 Å². The SMILES string of the molecule is CC(C)S(=O)(=O)c1ccc(C(=O)Nc2ccc(-c3nc4ccccc4n3C)cc2)cc1. The van der Waals surface area contributed by atoms with Crippen molar-refractivity contribution in [3.8, 4) is 11.4 Å². The number of carbonyl (C=O) groups excluding carboxylic acids is 1. The number of carbonyl (C=O) groups is 1. The first-order valence-electron chi connectivity index (χ1n) is 9.94. The van der Waals surface area contributed by atoms with Crippen LogP contribution in [0.4, 0.5) is 5.69 Å². The van der Waals surface area contributed by atoms with E-state index in [0.29, 0.717) is 11.3 Å². The molecular weight excluding hydrogens is 410 g/mol. The van der Waals surface area contributed by atoms with Crippen molar-refractivity contribution in [2.75, 3.05) is 5.32 Å². The van der Waals surface area contributed by atoms with E-state index in [1.54, 1.807) is 13.8 Å². The summed E-state index contributed by atoms with van der Waals surface area (Å²) >= 11 is 0. The predicted octanol–water partition coefficient (Wildman–Crippen LogP) is 4.67. The van der Waals surface area contributed by atoms with Crippen LogP contribution in [0.2, 0.25) is 0 Å². The highest BCUT2D eigenvalue weighted by Gasteiger charge is 2.19. The van der Waals surface area contributed by atoms with Crippen molar-refractivity contribution in [3.63, 3.8) is 0 Å². The van der Waals surface area contributed by atoms with Crippen LogP contribution in [-0.2, 0) is 16.9 Å². The highest BCUT2D eigenvalue weighted by atomic mass is 32.2. The molecule has 7 heteroatoms. The van der Waals surface area contributed by atoms with E-state index in [1.165, 1.54) is 24.3 Å². The first kappa shape index (κ1) is 20.8. The van der Waals surface area contributed by atoms with Gasteiger partial charge in [0.2, 0.25) is 0 Å². The highest BCUT2D eigenvalue weighted by Crippen LogP contribution is 2.25. The maximum atomic E-state index is 12.6. The minimum absolute atomic E-state index is 0.214. The molecule has 0 unspecified atom stereocenters. The van der Waals surface area contributed by atoms with Gasteiger partial charge >= 0.3 is 0 Å². The molecule has 4 aromatic rings. The molecule has 1 aromatic heterocycles. The molecule has 0 aliphatic carbocycles. The first-order chi connectivity index (χ1) is 14.8. The number of hydrogen-bond donors (Lipinski definition) is 1. The molecule has 158 valence electrons. The van der Waals surface area contributed by atoms with Crippen LogP contribution in [0.15, 0.2) is 77.7 Å². The van der Waals surface area contributed by atoms with Crippen molar-refractivity contribution in [3.05, 3.63) is 78.4 Å². The number of aromatic nitrogens is 2. The summed E-state index contributed by atoms with van der Waals surface area (Å²) in [5.41, 5.74) is 3.96. The van der Waals surface area contributed by atoms with E-state index >= 15 is 0 Å². The predicted molar refractivity (Wildman–Crippen MR) is 123 cm³/mol. The van der Waals surface area contributed by atoms with Gasteiger partial charge in [-0.2, -0.15) is 0 Å². The standard InChI is InChI=1S/C24H23N3O3S/c1-16(2)31(29,30)20-14-10-18(11-15-20)24(28)25-19-12-8-17(9-13-19)23-26-21-6-4-5-7-22(21)27(23)3/h4-16H,1-3H3,(H,25,28). The molecular formula is C24H23N3O3S. The van der Waals surface area contributed by atoms with E-state index in [4.69, 9.17) is 0 Å². The lowest BCUT2D eigenvalue weighted by molar-refractivity contribution is 0.102. The van der Waals surface area contributed by atoms with Crippen LogP contribution in [0.3, 0.4) is 0 Å². The quantitative estimate of drug-likeness (QED) is 0.496. The van der Waals surface area contributed by atoms with Gasteiger partial charge in [0.25, 0.3) is 5.91 Å². The van der Waals surface area contributed by atoms with Crippen LogP contribution < -0.4 is 5.32 Å². The van der Waals surface area contributed by atoms with E-state index in [9.17, 15) is 13.2 Å². The molecule has 4 rings (SSSR count). The molecule has 1 N–H and O–H groups in total. The number of nitrogens with one attached hydrogen (secondary N) is 1. The lowest BCUT2D eigenvalue weighted by Crippen LogP contribution is -2.15. The second-order valence-electron chi connectivity index (χ2n) is 7.63. The number of benzene rings is 3. The van der Waals surface area contributed by atoms with Crippen LogP contribution in [0.5, 0.6) is 0 Å². The molecule has 1 amide bonds. The minimum Gasteiger partial charge on any atom is -0.327 e. The van der Waals surface area contributed by atoms with Gasteiger partial charge in [0.15, 0.2) is 9.84 Å². The molecule has 31 heavy (non-hydrogen) atoms. The number of sulfone groups is 1. The summed E-state index contributed by atoms with van der Waals surface area (Å²) in [5, 5.41) is 2.33. The molecule has 6 nitrogen and oxygen atoms in total. The molecule has 0 spiro atoms. The highest BCUT2D eigenvalue weighted by molar-refractivity contribution is 7.92. The zero-order chi connectivity index (χ0) is 22.2. The number of amides is 1. The summed E-state index contributed by atoms with van der Waals surface area (Å²) in [4.78, 5) is 17.5. The lowest BCUT2D eigenvalue weighted by atomic mass is 10.1. The summed E-state index contributed by atoms with van der Waals surface area (Å²) in [6, 6.07) is 21.4. The third kappa shape index (κ3) is 3.96. The van der Waals surface area contributed by atoms with Crippen molar-refractivity contribution >= 4 is 32.5 Å². The molecule has 0 fully saturated rings. The third-order valence-electron chi connectivity index (χ3n) is 5.25. The van der Waals surface area contributed by atoms with E-state index in [0.717, 1.165) is 22.4 Å². The van der Waals surface area contributed by atoms with E-state index < -0.39 is 15.1 Å². The molecule has 3 aromatic carbocycles. The largest absolute Gasteiger partial charge is 0.327 e. The number of anilines is 1. The van der Waals surface area contributed by atoms with Crippen LogP contribution in [-0.4, -0.2) is 29.1 Å². The second-order valence-corrected chi connectivity index (χ2v) is 10.1. The van der Waals surface area contributed by atoms with Gasteiger partial charge in [0.1, 0.15) is 5.82 Å². The fourth-order valence-corrected chi connectivity index (χ4v) is 4.44. The Hall–Kier alpha value is -3.45. The summed E-state index contributed by atoms with van der Waals surface area (Å²) in [6.45, 7) is 3.26. The number of imidazole rings is 1. The van der Waals surface area contributed by atoms with Crippen LogP contribution in [0.25, 0.3) is 22.4 Å². The van der Waals surface area contributed by atoms with Gasteiger partial charge in [-0.15, -0.1) is 0 Å². The molecule has 0 atom stereocenters. The normalized spacial score (nSPS) is 11.7. The lowest BCUT2D eigenvalue weighted by Gasteiger charge is -2.09. The molecule has 1 heterocycles. The molecule has 0 bridgehead atoms. The topological polar surface area (TPSA) is 81.1 Å². The number of fused-ring (bicyclic) bond motifs is 1. The molecule has 0 aliphatic rings. The summed E-state index contributed by atoms with van der Waals surface area (Å²) in [7, 11) is -1.39. The van der Waals surface area contributed by atoms with E-state index in [1.807, 2.05) is 60.1 Å². The number of hydrogen-bond acceptors (Lipinski definition) is 4. The second kappa shape index (κ2) is 8.00. The molecule has 0 saturated carbocycles.